The number of unbranched alkanes of at least 4 members (excludes halogenated alkanes) is 8. The van der Waals surface area contributed by atoms with Gasteiger partial charge in [0, 0.05) is 6.42 Å². The lowest BCUT2D eigenvalue weighted by molar-refractivity contribution is -0.145. The highest BCUT2D eigenvalue weighted by molar-refractivity contribution is 5.84. The van der Waals surface area contributed by atoms with Crippen molar-refractivity contribution in [3.05, 3.63) is 0 Å². The summed E-state index contributed by atoms with van der Waals surface area (Å²) in [5.41, 5.74) is 5.45. The van der Waals surface area contributed by atoms with Crippen molar-refractivity contribution in [1.82, 2.24) is 5.32 Å². The van der Waals surface area contributed by atoms with Crippen LogP contribution in [0.4, 0.5) is 0 Å². The summed E-state index contributed by atoms with van der Waals surface area (Å²) in [4.78, 5) is 23.6. The van der Waals surface area contributed by atoms with Crippen LogP contribution in [0.3, 0.4) is 0 Å². The van der Waals surface area contributed by atoms with Crippen LogP contribution in [0.1, 0.15) is 84.0 Å². The topological polar surface area (TPSA) is 81.4 Å². The molecule has 0 saturated carbocycles. The van der Waals surface area contributed by atoms with E-state index in [-0.39, 0.29) is 11.9 Å². The fourth-order valence-electron chi connectivity index (χ4n) is 2.57. The SMILES string of the molecule is CCCCCCCCCCC(=O)N[C@@H](CCCCN)C(=O)OC. The molecule has 0 spiro atoms. The second-order valence-corrected chi connectivity index (χ2v) is 6.15. The number of ether oxygens (including phenoxy) is 1. The molecule has 136 valence electrons. The number of hydrogen-bond acceptors (Lipinski definition) is 4. The molecule has 0 rings (SSSR count). The average Bonchev–Trinajstić information content (AvgIpc) is 2.55. The van der Waals surface area contributed by atoms with Gasteiger partial charge < -0.3 is 15.8 Å². The van der Waals surface area contributed by atoms with Crippen molar-refractivity contribution in [2.45, 2.75) is 90.0 Å². The Morgan fingerprint density at radius 1 is 0.957 bits per heavy atom. The van der Waals surface area contributed by atoms with E-state index < -0.39 is 6.04 Å². The Hall–Kier alpha value is -1.10. The minimum absolute atomic E-state index is 0.0564. The molecular formula is C18H36N2O3. The Morgan fingerprint density at radius 2 is 1.57 bits per heavy atom. The van der Waals surface area contributed by atoms with Crippen molar-refractivity contribution in [2.75, 3.05) is 13.7 Å². The number of carbonyl (C=O) groups excluding carboxylic acids is 2. The number of esters is 1. The fraction of sp³-hybridized carbons (Fsp3) is 0.889. The zero-order valence-corrected chi connectivity index (χ0v) is 15.1. The maximum absolute atomic E-state index is 11.9. The third-order valence-corrected chi connectivity index (χ3v) is 4.03. The van der Waals surface area contributed by atoms with E-state index >= 15 is 0 Å². The van der Waals surface area contributed by atoms with Crippen molar-refractivity contribution < 1.29 is 14.3 Å². The minimum Gasteiger partial charge on any atom is -0.467 e. The Bertz CT molecular complexity index is 309. The summed E-state index contributed by atoms with van der Waals surface area (Å²) >= 11 is 0. The first-order valence-corrected chi connectivity index (χ1v) is 9.23. The molecule has 0 saturated heterocycles. The monoisotopic (exact) mass is 328 g/mol. The van der Waals surface area contributed by atoms with E-state index in [4.69, 9.17) is 10.5 Å². The number of methoxy groups -OCH3 is 1. The van der Waals surface area contributed by atoms with Gasteiger partial charge in [0.1, 0.15) is 6.04 Å². The lowest BCUT2D eigenvalue weighted by atomic mass is 10.1. The lowest BCUT2D eigenvalue weighted by Crippen LogP contribution is -2.41. The number of carbonyl (C=O) groups is 2. The van der Waals surface area contributed by atoms with Gasteiger partial charge in [-0.15, -0.1) is 0 Å². The summed E-state index contributed by atoms with van der Waals surface area (Å²) in [5.74, 6) is -0.426. The van der Waals surface area contributed by atoms with Crippen LogP contribution in [0, 0.1) is 0 Å². The molecule has 0 fully saturated rings. The lowest BCUT2D eigenvalue weighted by Gasteiger charge is -2.16. The molecule has 5 nitrogen and oxygen atoms in total. The Kier molecular flexibility index (Phi) is 15.0. The van der Waals surface area contributed by atoms with E-state index in [1.54, 1.807) is 0 Å². The minimum atomic E-state index is -0.534. The van der Waals surface area contributed by atoms with Gasteiger partial charge in [-0.05, 0) is 32.2 Å². The summed E-state index contributed by atoms with van der Waals surface area (Å²) in [5, 5.41) is 2.79. The first-order valence-electron chi connectivity index (χ1n) is 9.23. The number of nitrogens with one attached hydrogen (secondary N) is 1. The predicted molar refractivity (Wildman–Crippen MR) is 94.1 cm³/mol. The van der Waals surface area contributed by atoms with Crippen molar-refractivity contribution >= 4 is 11.9 Å². The highest BCUT2D eigenvalue weighted by atomic mass is 16.5. The molecule has 5 heteroatoms. The first-order chi connectivity index (χ1) is 11.2. The highest BCUT2D eigenvalue weighted by Crippen LogP contribution is 2.10. The van der Waals surface area contributed by atoms with E-state index in [9.17, 15) is 9.59 Å². The summed E-state index contributed by atoms with van der Waals surface area (Å²) in [6.07, 6.45) is 12.4. The van der Waals surface area contributed by atoms with Gasteiger partial charge in [0.05, 0.1) is 7.11 Å². The maximum atomic E-state index is 11.9. The van der Waals surface area contributed by atoms with Crippen LogP contribution in [0.5, 0.6) is 0 Å². The van der Waals surface area contributed by atoms with Crippen molar-refractivity contribution in [1.29, 1.82) is 0 Å². The van der Waals surface area contributed by atoms with Crippen LogP contribution < -0.4 is 11.1 Å². The van der Waals surface area contributed by atoms with Crippen LogP contribution in [0.2, 0.25) is 0 Å². The van der Waals surface area contributed by atoms with Crippen molar-refractivity contribution in [3.8, 4) is 0 Å². The molecule has 0 radical (unpaired) electrons. The van der Waals surface area contributed by atoms with Crippen LogP contribution in [-0.4, -0.2) is 31.6 Å². The standard InChI is InChI=1S/C18H36N2O3/c1-3-4-5-6-7-8-9-10-14-17(21)20-16(18(22)23-2)13-11-12-15-19/h16H,3-15,19H2,1-2H3,(H,20,21)/t16-/m0/s1. The average molecular weight is 328 g/mol. The molecule has 3 N–H and O–H groups in total. The molecular weight excluding hydrogens is 292 g/mol. The first kappa shape index (κ1) is 21.9. The van der Waals surface area contributed by atoms with Crippen LogP contribution in [0.15, 0.2) is 0 Å². The zero-order valence-electron chi connectivity index (χ0n) is 15.1. The van der Waals surface area contributed by atoms with Crippen LogP contribution >= 0.6 is 0 Å². The van der Waals surface area contributed by atoms with E-state index in [1.165, 1.54) is 45.6 Å². The van der Waals surface area contributed by atoms with Crippen molar-refractivity contribution in [2.24, 2.45) is 5.73 Å². The third-order valence-electron chi connectivity index (χ3n) is 4.03. The zero-order chi connectivity index (χ0) is 17.3. The van der Waals surface area contributed by atoms with Gasteiger partial charge in [-0.1, -0.05) is 51.9 Å². The van der Waals surface area contributed by atoms with E-state index in [2.05, 4.69) is 12.2 Å². The quantitative estimate of drug-likeness (QED) is 0.357. The van der Waals surface area contributed by atoms with Gasteiger partial charge in [-0.3, -0.25) is 4.79 Å². The Morgan fingerprint density at radius 3 is 2.13 bits per heavy atom. The summed E-state index contributed by atoms with van der Waals surface area (Å²) in [6.45, 7) is 2.82. The van der Waals surface area contributed by atoms with Crippen LogP contribution in [0.25, 0.3) is 0 Å². The molecule has 23 heavy (non-hydrogen) atoms. The maximum Gasteiger partial charge on any atom is 0.328 e. The molecule has 0 aliphatic heterocycles. The molecule has 0 aromatic carbocycles. The molecule has 0 aromatic rings. The molecule has 0 heterocycles. The fourth-order valence-corrected chi connectivity index (χ4v) is 2.57. The molecule has 1 amide bonds. The number of rotatable bonds is 15. The second-order valence-electron chi connectivity index (χ2n) is 6.15. The smallest absolute Gasteiger partial charge is 0.328 e. The Labute approximate surface area is 141 Å². The van der Waals surface area contributed by atoms with E-state index in [1.807, 2.05) is 0 Å². The van der Waals surface area contributed by atoms with Crippen LogP contribution in [-0.2, 0) is 14.3 Å². The molecule has 1 atom stereocenters. The van der Waals surface area contributed by atoms with Crippen molar-refractivity contribution in [3.63, 3.8) is 0 Å². The van der Waals surface area contributed by atoms with Gasteiger partial charge in [-0.25, -0.2) is 4.79 Å². The van der Waals surface area contributed by atoms with Gasteiger partial charge >= 0.3 is 5.97 Å². The summed E-state index contributed by atoms with van der Waals surface area (Å²) < 4.78 is 4.75. The molecule has 0 unspecified atom stereocenters. The number of nitrogens with two attached hydrogens (primary N) is 1. The largest absolute Gasteiger partial charge is 0.467 e. The molecule has 0 aliphatic carbocycles. The van der Waals surface area contributed by atoms with Gasteiger partial charge in [-0.2, -0.15) is 0 Å². The molecule has 0 bridgehead atoms. The second kappa shape index (κ2) is 15.8. The Balaban J connectivity index is 3.79. The highest BCUT2D eigenvalue weighted by Gasteiger charge is 2.20. The predicted octanol–water partition coefficient (Wildman–Crippen LogP) is 3.30. The van der Waals surface area contributed by atoms with E-state index in [0.29, 0.717) is 19.4 Å². The van der Waals surface area contributed by atoms with Gasteiger partial charge in [0.25, 0.3) is 0 Å². The summed E-state index contributed by atoms with van der Waals surface area (Å²) in [7, 11) is 1.35. The number of hydrogen-bond donors (Lipinski definition) is 2. The molecule has 0 aromatic heterocycles. The van der Waals surface area contributed by atoms with Gasteiger partial charge in [0.2, 0.25) is 5.91 Å². The third kappa shape index (κ3) is 13.1. The number of amides is 1. The van der Waals surface area contributed by atoms with E-state index in [0.717, 1.165) is 25.7 Å². The molecule has 0 aliphatic rings. The van der Waals surface area contributed by atoms with Gasteiger partial charge in [0.15, 0.2) is 0 Å². The summed E-state index contributed by atoms with van der Waals surface area (Å²) in [6, 6.07) is -0.534. The normalized spacial score (nSPS) is 12.0.